The van der Waals surface area contributed by atoms with Gasteiger partial charge in [-0.15, -0.1) is 5.10 Å². The van der Waals surface area contributed by atoms with Crippen LogP contribution in [0.25, 0.3) is 0 Å². The summed E-state index contributed by atoms with van der Waals surface area (Å²) in [4.78, 5) is 23.1. The van der Waals surface area contributed by atoms with Gasteiger partial charge in [0.2, 0.25) is 5.82 Å². The summed E-state index contributed by atoms with van der Waals surface area (Å²) in [5.41, 5.74) is -0.872. The molecule has 102 valence electrons. The molecule has 1 aromatic rings. The fourth-order valence-corrected chi connectivity index (χ4v) is 1.37. The number of nitrogens with zero attached hydrogens (tertiary/aromatic N) is 3. The van der Waals surface area contributed by atoms with Gasteiger partial charge in [-0.05, 0) is 5.92 Å². The quantitative estimate of drug-likeness (QED) is 0.698. The van der Waals surface area contributed by atoms with Gasteiger partial charge in [0.1, 0.15) is 0 Å². The molecule has 0 radical (unpaired) electrons. The van der Waals surface area contributed by atoms with Crippen LogP contribution in [0.5, 0.6) is 0 Å². The SMILES string of the molecule is CC(C)COCCNc1nn(C)c(=O)n(C)c1=O. The van der Waals surface area contributed by atoms with E-state index in [4.69, 9.17) is 4.74 Å². The maximum atomic E-state index is 11.7. The van der Waals surface area contributed by atoms with Gasteiger partial charge in [-0.25, -0.2) is 9.48 Å². The molecule has 0 aromatic carbocycles. The summed E-state index contributed by atoms with van der Waals surface area (Å²) in [6, 6.07) is 0. The Bertz CT molecular complexity index is 504. The van der Waals surface area contributed by atoms with Crippen molar-refractivity contribution in [3.63, 3.8) is 0 Å². The van der Waals surface area contributed by atoms with Crippen LogP contribution in [0.2, 0.25) is 0 Å². The van der Waals surface area contributed by atoms with E-state index >= 15 is 0 Å². The molecule has 7 heteroatoms. The number of nitrogens with one attached hydrogen (secondary N) is 1. The van der Waals surface area contributed by atoms with E-state index in [1.165, 1.54) is 14.1 Å². The number of aryl methyl sites for hydroxylation is 1. The number of rotatable bonds is 6. The molecular weight excluding hydrogens is 236 g/mol. The normalized spacial score (nSPS) is 10.9. The lowest BCUT2D eigenvalue weighted by molar-refractivity contribution is 0.118. The third-order valence-corrected chi connectivity index (χ3v) is 2.31. The Balaban J connectivity index is 2.59. The molecule has 1 N–H and O–H groups in total. The first kappa shape index (κ1) is 14.4. The Hall–Kier alpha value is -1.63. The van der Waals surface area contributed by atoms with E-state index < -0.39 is 11.2 Å². The summed E-state index contributed by atoms with van der Waals surface area (Å²) in [6.07, 6.45) is 0. The van der Waals surface area contributed by atoms with Crippen LogP contribution in [0, 0.1) is 5.92 Å². The lowest BCUT2D eigenvalue weighted by atomic mass is 10.2. The van der Waals surface area contributed by atoms with Crippen LogP contribution >= 0.6 is 0 Å². The zero-order valence-corrected chi connectivity index (χ0v) is 11.3. The highest BCUT2D eigenvalue weighted by molar-refractivity contribution is 5.29. The molecule has 0 aliphatic carbocycles. The van der Waals surface area contributed by atoms with Crippen LogP contribution < -0.4 is 16.6 Å². The predicted molar refractivity (Wildman–Crippen MR) is 68.9 cm³/mol. The molecule has 7 nitrogen and oxygen atoms in total. The van der Waals surface area contributed by atoms with Crippen molar-refractivity contribution >= 4 is 5.82 Å². The predicted octanol–water partition coefficient (Wildman–Crippen LogP) is -0.436. The average Bonchev–Trinajstić information content (AvgIpc) is 2.32. The van der Waals surface area contributed by atoms with Gasteiger partial charge in [-0.1, -0.05) is 13.8 Å². The maximum Gasteiger partial charge on any atom is 0.346 e. The molecule has 1 rings (SSSR count). The Morgan fingerprint density at radius 1 is 1.33 bits per heavy atom. The monoisotopic (exact) mass is 256 g/mol. The van der Waals surface area contributed by atoms with Gasteiger partial charge < -0.3 is 10.1 Å². The summed E-state index contributed by atoms with van der Waals surface area (Å²) in [6.45, 7) is 5.79. The average molecular weight is 256 g/mol. The zero-order valence-electron chi connectivity index (χ0n) is 11.3. The van der Waals surface area contributed by atoms with Crippen molar-refractivity contribution in [3.05, 3.63) is 20.8 Å². The Morgan fingerprint density at radius 2 is 2.00 bits per heavy atom. The minimum atomic E-state index is -0.443. The lowest BCUT2D eigenvalue weighted by Gasteiger charge is -2.09. The van der Waals surface area contributed by atoms with Gasteiger partial charge in [0.25, 0.3) is 5.56 Å². The van der Waals surface area contributed by atoms with E-state index in [0.29, 0.717) is 25.7 Å². The topological polar surface area (TPSA) is 78.2 Å². The van der Waals surface area contributed by atoms with Crippen LogP contribution in [0.4, 0.5) is 5.82 Å². The smallest absolute Gasteiger partial charge is 0.346 e. The first-order chi connectivity index (χ1) is 8.43. The number of hydrogen-bond donors (Lipinski definition) is 1. The largest absolute Gasteiger partial charge is 0.379 e. The van der Waals surface area contributed by atoms with Crippen LogP contribution in [0.1, 0.15) is 13.8 Å². The summed E-state index contributed by atoms with van der Waals surface area (Å²) >= 11 is 0. The second kappa shape index (κ2) is 6.34. The first-order valence-electron chi connectivity index (χ1n) is 5.89. The highest BCUT2D eigenvalue weighted by Gasteiger charge is 2.07. The van der Waals surface area contributed by atoms with Gasteiger partial charge >= 0.3 is 5.69 Å². The second-order valence-electron chi connectivity index (χ2n) is 4.51. The van der Waals surface area contributed by atoms with E-state index in [-0.39, 0.29) is 5.82 Å². The summed E-state index contributed by atoms with van der Waals surface area (Å²) in [5, 5.41) is 6.74. The van der Waals surface area contributed by atoms with Gasteiger partial charge in [0.05, 0.1) is 6.61 Å². The molecule has 18 heavy (non-hydrogen) atoms. The molecule has 0 atom stereocenters. The van der Waals surface area contributed by atoms with E-state index in [1.807, 2.05) is 0 Å². The molecule has 0 saturated carbocycles. The molecule has 0 amide bonds. The Morgan fingerprint density at radius 3 is 2.61 bits per heavy atom. The zero-order chi connectivity index (χ0) is 13.7. The molecule has 0 unspecified atom stereocenters. The Kier molecular flexibility index (Phi) is 5.08. The third kappa shape index (κ3) is 3.69. The minimum Gasteiger partial charge on any atom is -0.379 e. The van der Waals surface area contributed by atoms with Crippen molar-refractivity contribution in [2.45, 2.75) is 13.8 Å². The molecule has 0 aliphatic rings. The summed E-state index contributed by atoms with van der Waals surface area (Å²) in [5.74, 6) is 0.640. The van der Waals surface area contributed by atoms with Gasteiger partial charge in [0, 0.05) is 27.2 Å². The van der Waals surface area contributed by atoms with Crippen molar-refractivity contribution < 1.29 is 4.74 Å². The van der Waals surface area contributed by atoms with Crippen LogP contribution in [0.15, 0.2) is 9.59 Å². The van der Waals surface area contributed by atoms with Gasteiger partial charge in [0.15, 0.2) is 0 Å². The highest BCUT2D eigenvalue weighted by atomic mass is 16.5. The standard InChI is InChI=1S/C11H20N4O3/c1-8(2)7-18-6-5-12-9-10(16)14(3)11(17)15(4)13-9/h8H,5-7H2,1-4H3,(H,12,13). The fourth-order valence-electron chi connectivity index (χ4n) is 1.37. The van der Waals surface area contributed by atoms with E-state index in [2.05, 4.69) is 24.3 Å². The van der Waals surface area contributed by atoms with Crippen molar-refractivity contribution in [2.75, 3.05) is 25.1 Å². The van der Waals surface area contributed by atoms with Gasteiger partial charge in [-0.2, -0.15) is 0 Å². The van der Waals surface area contributed by atoms with Crippen LogP contribution in [0.3, 0.4) is 0 Å². The third-order valence-electron chi connectivity index (χ3n) is 2.31. The van der Waals surface area contributed by atoms with E-state index in [9.17, 15) is 9.59 Å². The maximum absolute atomic E-state index is 11.7. The molecule has 0 saturated heterocycles. The second-order valence-corrected chi connectivity index (χ2v) is 4.51. The molecular formula is C11H20N4O3. The molecule has 0 fully saturated rings. The highest BCUT2D eigenvalue weighted by Crippen LogP contribution is 1.93. The molecule has 1 heterocycles. The number of anilines is 1. The van der Waals surface area contributed by atoms with E-state index in [0.717, 1.165) is 9.25 Å². The number of ether oxygens (including phenoxy) is 1. The van der Waals surface area contributed by atoms with Crippen molar-refractivity contribution in [1.82, 2.24) is 14.3 Å². The van der Waals surface area contributed by atoms with Crippen LogP contribution in [-0.4, -0.2) is 34.1 Å². The number of aromatic nitrogens is 3. The summed E-state index contributed by atoms with van der Waals surface area (Å²) < 4.78 is 7.52. The molecule has 0 aliphatic heterocycles. The minimum absolute atomic E-state index is 0.160. The number of hydrogen-bond acceptors (Lipinski definition) is 5. The van der Waals surface area contributed by atoms with Crippen molar-refractivity contribution in [2.24, 2.45) is 20.0 Å². The van der Waals surface area contributed by atoms with E-state index in [1.54, 1.807) is 0 Å². The van der Waals surface area contributed by atoms with Crippen LogP contribution in [-0.2, 0) is 18.8 Å². The van der Waals surface area contributed by atoms with Gasteiger partial charge in [-0.3, -0.25) is 9.36 Å². The molecule has 0 spiro atoms. The summed E-state index contributed by atoms with van der Waals surface area (Å²) in [7, 11) is 2.93. The Labute approximate surface area is 105 Å². The fraction of sp³-hybridized carbons (Fsp3) is 0.727. The molecule has 0 bridgehead atoms. The van der Waals surface area contributed by atoms with Crippen molar-refractivity contribution in [3.8, 4) is 0 Å². The first-order valence-corrected chi connectivity index (χ1v) is 5.89. The lowest BCUT2D eigenvalue weighted by Crippen LogP contribution is -2.40. The van der Waals surface area contributed by atoms with Crippen molar-refractivity contribution in [1.29, 1.82) is 0 Å². The molecule has 1 aromatic heterocycles.